The van der Waals surface area contributed by atoms with Crippen LogP contribution in [-0.4, -0.2) is 44.4 Å². The van der Waals surface area contributed by atoms with Crippen molar-refractivity contribution in [3.8, 4) is 5.75 Å². The molecule has 1 unspecified atom stereocenters. The molecule has 4 rings (SSSR count). The molecule has 0 aliphatic heterocycles. The number of hydrogen-bond donors (Lipinski definition) is 1. The Bertz CT molecular complexity index is 1370. The molecular weight excluding hydrogens is 466 g/mol. The number of rotatable bonds is 10. The molecular formula is C29H33N5O3. The zero-order valence-corrected chi connectivity index (χ0v) is 21.7. The summed E-state index contributed by atoms with van der Waals surface area (Å²) in [6.07, 6.45) is 0.742. The van der Waals surface area contributed by atoms with Crippen LogP contribution in [0.25, 0.3) is 11.0 Å². The van der Waals surface area contributed by atoms with Crippen LogP contribution in [0.15, 0.2) is 78.9 Å². The van der Waals surface area contributed by atoms with Crippen LogP contribution in [0.1, 0.15) is 44.4 Å². The molecule has 1 N–H and O–H groups in total. The summed E-state index contributed by atoms with van der Waals surface area (Å²) in [4.78, 5) is 29.5. The van der Waals surface area contributed by atoms with Gasteiger partial charge in [0.15, 0.2) is 0 Å². The number of hydrogen-bond acceptors (Lipinski definition) is 5. The summed E-state index contributed by atoms with van der Waals surface area (Å²) in [5, 5.41) is 11.5. The van der Waals surface area contributed by atoms with E-state index in [0.717, 1.165) is 23.1 Å². The molecule has 4 aromatic rings. The molecule has 37 heavy (non-hydrogen) atoms. The Morgan fingerprint density at radius 1 is 1.00 bits per heavy atom. The van der Waals surface area contributed by atoms with E-state index in [1.807, 2.05) is 99.6 Å². The van der Waals surface area contributed by atoms with E-state index in [9.17, 15) is 9.59 Å². The second kappa shape index (κ2) is 11.2. The van der Waals surface area contributed by atoms with E-state index in [1.54, 1.807) is 16.7 Å². The lowest BCUT2D eigenvalue weighted by molar-refractivity contribution is -0.143. The summed E-state index contributed by atoms with van der Waals surface area (Å²) in [5.41, 5.74) is 2.53. The van der Waals surface area contributed by atoms with Gasteiger partial charge in [-0.05, 0) is 44.0 Å². The number of ether oxygens (including phenoxy) is 1. The molecule has 1 heterocycles. The van der Waals surface area contributed by atoms with Gasteiger partial charge in [0.2, 0.25) is 11.8 Å². The lowest BCUT2D eigenvalue weighted by atomic mass is 9.98. The second-order valence-corrected chi connectivity index (χ2v) is 9.61. The zero-order valence-electron chi connectivity index (χ0n) is 21.7. The molecule has 2 amide bonds. The Labute approximate surface area is 217 Å². The Kier molecular flexibility index (Phi) is 7.86. The number of nitrogens with zero attached hydrogens (tertiary/aromatic N) is 4. The predicted octanol–water partition coefficient (Wildman–Crippen LogP) is 4.51. The maximum absolute atomic E-state index is 14.0. The molecule has 192 valence electrons. The maximum atomic E-state index is 14.0. The number of carbonyl (C=O) groups excluding carboxylic acids is 2. The molecule has 8 heteroatoms. The highest BCUT2D eigenvalue weighted by atomic mass is 16.5. The summed E-state index contributed by atoms with van der Waals surface area (Å²) < 4.78 is 7.14. The zero-order chi connectivity index (χ0) is 26.4. The van der Waals surface area contributed by atoms with Gasteiger partial charge in [-0.3, -0.25) is 9.59 Å². The number of benzene rings is 3. The number of aromatic nitrogens is 3. The van der Waals surface area contributed by atoms with Crippen molar-refractivity contribution in [2.45, 2.75) is 51.9 Å². The van der Waals surface area contributed by atoms with Gasteiger partial charge in [0, 0.05) is 11.1 Å². The monoisotopic (exact) mass is 499 g/mol. The van der Waals surface area contributed by atoms with Gasteiger partial charge in [-0.25, -0.2) is 4.68 Å². The van der Waals surface area contributed by atoms with Crippen LogP contribution >= 0.6 is 0 Å². The lowest BCUT2D eigenvalue weighted by Gasteiger charge is -2.35. The third-order valence-electron chi connectivity index (χ3n) is 6.58. The van der Waals surface area contributed by atoms with Crippen molar-refractivity contribution in [1.29, 1.82) is 0 Å². The van der Waals surface area contributed by atoms with E-state index in [1.165, 1.54) is 0 Å². The van der Waals surface area contributed by atoms with Crippen molar-refractivity contribution in [2.24, 2.45) is 0 Å². The van der Waals surface area contributed by atoms with Crippen LogP contribution in [0.3, 0.4) is 0 Å². The van der Waals surface area contributed by atoms with E-state index in [0.29, 0.717) is 11.3 Å². The smallest absolute Gasteiger partial charge is 0.247 e. The summed E-state index contributed by atoms with van der Waals surface area (Å²) in [7, 11) is 1.59. The fourth-order valence-corrected chi connectivity index (χ4v) is 4.19. The van der Waals surface area contributed by atoms with Crippen LogP contribution in [0.2, 0.25) is 0 Å². The first-order valence-electron chi connectivity index (χ1n) is 12.4. The molecule has 0 bridgehead atoms. The summed E-state index contributed by atoms with van der Waals surface area (Å²) in [6, 6.07) is 23.5. The minimum atomic E-state index is -0.862. The maximum Gasteiger partial charge on any atom is 0.247 e. The Hall–Kier alpha value is -4.20. The van der Waals surface area contributed by atoms with Gasteiger partial charge < -0.3 is 15.0 Å². The first-order valence-corrected chi connectivity index (χ1v) is 12.4. The number of carbonyl (C=O) groups is 2. The highest BCUT2D eigenvalue weighted by Gasteiger charge is 2.34. The molecule has 8 nitrogen and oxygen atoms in total. The third-order valence-corrected chi connectivity index (χ3v) is 6.58. The molecule has 0 spiro atoms. The predicted molar refractivity (Wildman–Crippen MR) is 143 cm³/mol. The summed E-state index contributed by atoms with van der Waals surface area (Å²) in [6.45, 7) is 6.08. The van der Waals surface area contributed by atoms with Gasteiger partial charge in [0.05, 0.1) is 19.2 Å². The Morgan fingerprint density at radius 3 is 2.41 bits per heavy atom. The van der Waals surface area contributed by atoms with E-state index in [-0.39, 0.29) is 24.9 Å². The topological polar surface area (TPSA) is 89.4 Å². The quantitative estimate of drug-likeness (QED) is 0.347. The van der Waals surface area contributed by atoms with Gasteiger partial charge in [0.25, 0.3) is 0 Å². The third kappa shape index (κ3) is 5.97. The Morgan fingerprint density at radius 2 is 1.68 bits per heavy atom. The largest absolute Gasteiger partial charge is 0.496 e. The van der Waals surface area contributed by atoms with Crippen molar-refractivity contribution in [3.63, 3.8) is 0 Å². The molecule has 0 radical (unpaired) electrons. The lowest BCUT2D eigenvalue weighted by Crippen LogP contribution is -2.50. The first-order chi connectivity index (χ1) is 17.8. The van der Waals surface area contributed by atoms with Gasteiger partial charge in [-0.2, -0.15) is 0 Å². The minimum absolute atomic E-state index is 0.0660. The van der Waals surface area contributed by atoms with E-state index >= 15 is 0 Å². The van der Waals surface area contributed by atoms with Crippen molar-refractivity contribution in [2.75, 3.05) is 7.11 Å². The number of amides is 2. The van der Waals surface area contributed by atoms with Crippen LogP contribution in [-0.2, 0) is 22.7 Å². The summed E-state index contributed by atoms with van der Waals surface area (Å²) >= 11 is 0. The van der Waals surface area contributed by atoms with Crippen LogP contribution in [0, 0.1) is 0 Å². The van der Waals surface area contributed by atoms with Gasteiger partial charge in [-0.1, -0.05) is 72.8 Å². The first kappa shape index (κ1) is 25.9. The van der Waals surface area contributed by atoms with Crippen LogP contribution < -0.4 is 10.1 Å². The van der Waals surface area contributed by atoms with Crippen molar-refractivity contribution in [1.82, 2.24) is 25.2 Å². The van der Waals surface area contributed by atoms with Crippen molar-refractivity contribution < 1.29 is 14.3 Å². The normalized spacial score (nSPS) is 12.2. The van der Waals surface area contributed by atoms with Gasteiger partial charge in [-0.15, -0.1) is 5.10 Å². The average molecular weight is 500 g/mol. The van der Waals surface area contributed by atoms with Gasteiger partial charge >= 0.3 is 0 Å². The number of para-hydroxylation sites is 2. The highest BCUT2D eigenvalue weighted by Crippen LogP contribution is 2.28. The fraction of sp³-hybridized carbons (Fsp3) is 0.310. The molecule has 1 aromatic heterocycles. The molecule has 0 saturated heterocycles. The van der Waals surface area contributed by atoms with Crippen molar-refractivity contribution in [3.05, 3.63) is 90.0 Å². The summed E-state index contributed by atoms with van der Waals surface area (Å²) in [5.74, 6) is 0.136. The number of fused-ring (bicyclic) bond motifs is 1. The SMILES string of the molecule is CCC(C)(C)NC(=O)C(c1ccccc1)N(Cc1ccccc1OC)C(=O)Cn1nnc2ccccc21. The molecule has 0 aliphatic rings. The molecule has 3 aromatic carbocycles. The molecule has 0 saturated carbocycles. The highest BCUT2D eigenvalue weighted by molar-refractivity contribution is 5.89. The average Bonchev–Trinajstić information content (AvgIpc) is 3.31. The van der Waals surface area contributed by atoms with Gasteiger partial charge in [0.1, 0.15) is 23.9 Å². The number of methoxy groups -OCH3 is 1. The standard InChI is InChI=1S/C29H33N5O3/c1-5-29(2,3)30-28(36)27(21-13-7-6-8-14-21)33(19-22-15-9-12-18-25(22)37-4)26(35)20-34-24-17-11-10-16-23(24)31-32-34/h6-18,27H,5,19-20H2,1-4H3,(H,30,36). The van der Waals surface area contributed by atoms with Crippen LogP contribution in [0.4, 0.5) is 0 Å². The van der Waals surface area contributed by atoms with E-state index < -0.39 is 11.6 Å². The van der Waals surface area contributed by atoms with Crippen LogP contribution in [0.5, 0.6) is 5.75 Å². The Balaban J connectivity index is 1.78. The fourth-order valence-electron chi connectivity index (χ4n) is 4.19. The number of nitrogens with one attached hydrogen (secondary N) is 1. The molecule has 0 aliphatic carbocycles. The van der Waals surface area contributed by atoms with Crippen molar-refractivity contribution >= 4 is 22.8 Å². The molecule has 0 fully saturated rings. The second-order valence-electron chi connectivity index (χ2n) is 9.61. The van der Waals surface area contributed by atoms with E-state index in [2.05, 4.69) is 15.6 Å². The minimum Gasteiger partial charge on any atom is -0.496 e. The van der Waals surface area contributed by atoms with E-state index in [4.69, 9.17) is 4.74 Å². The molecule has 1 atom stereocenters.